The summed E-state index contributed by atoms with van der Waals surface area (Å²) in [4.78, 5) is 23.3. The van der Waals surface area contributed by atoms with Gasteiger partial charge >= 0.3 is 5.97 Å². The number of rotatable bonds is 10. The Bertz CT molecular complexity index is 562. The average Bonchev–Trinajstić information content (AvgIpc) is 2.58. The number of hydrogen-bond acceptors (Lipinski definition) is 5. The Morgan fingerprint density at radius 1 is 1.21 bits per heavy atom. The van der Waals surface area contributed by atoms with E-state index in [2.05, 4.69) is 10.6 Å². The number of carbonyl (C=O) groups is 2. The van der Waals surface area contributed by atoms with Gasteiger partial charge in [0.05, 0.1) is 20.3 Å². The lowest BCUT2D eigenvalue weighted by Gasteiger charge is -2.19. The summed E-state index contributed by atoms with van der Waals surface area (Å²) in [6, 6.07) is 4.06. The highest BCUT2D eigenvalue weighted by atomic mass is 16.5. The van der Waals surface area contributed by atoms with Gasteiger partial charge in [0.25, 0.3) is 0 Å². The molecule has 1 aromatic carbocycles. The van der Waals surface area contributed by atoms with Gasteiger partial charge < -0.3 is 19.9 Å². The maximum Gasteiger partial charge on any atom is 0.320 e. The second-order valence-corrected chi connectivity index (χ2v) is 5.47. The third-order valence-electron chi connectivity index (χ3n) is 3.63. The molecule has 0 heterocycles. The summed E-state index contributed by atoms with van der Waals surface area (Å²) in [5.74, 6) is -0.000634. The Labute approximate surface area is 142 Å². The molecule has 7 nitrogen and oxygen atoms in total. The normalized spacial score (nSPS) is 13.0. The fourth-order valence-electron chi connectivity index (χ4n) is 2.28. The second kappa shape index (κ2) is 9.77. The number of nitrogens with one attached hydrogen (secondary N) is 2. The lowest BCUT2D eigenvalue weighted by atomic mass is 10.1. The number of methoxy groups -OCH3 is 2. The molecule has 0 spiro atoms. The third kappa shape index (κ3) is 5.73. The summed E-state index contributed by atoms with van der Waals surface area (Å²) in [6.07, 6.45) is 1.20. The topological polar surface area (TPSA) is 96.9 Å². The van der Waals surface area contributed by atoms with Crippen LogP contribution in [0.25, 0.3) is 0 Å². The standard InChI is InChI=1S/C17H26N2O5/c1-5-6-13(17(21)22)19-11(2)16(20)18-10-12-7-8-14(23-3)15(9-12)24-4/h7-9,11,13,19H,5-6,10H2,1-4H3,(H,18,20)(H,21,22). The van der Waals surface area contributed by atoms with Gasteiger partial charge in [-0.05, 0) is 31.0 Å². The molecule has 0 aliphatic rings. The Morgan fingerprint density at radius 3 is 2.42 bits per heavy atom. The number of carboxylic acids is 1. The molecule has 134 valence electrons. The van der Waals surface area contributed by atoms with Crippen molar-refractivity contribution in [1.29, 1.82) is 0 Å². The molecule has 0 aromatic heterocycles. The highest BCUT2D eigenvalue weighted by Gasteiger charge is 2.22. The fraction of sp³-hybridized carbons (Fsp3) is 0.529. The van der Waals surface area contributed by atoms with Crippen LogP contribution in [0.3, 0.4) is 0 Å². The molecular weight excluding hydrogens is 312 g/mol. The maximum atomic E-state index is 12.1. The van der Waals surface area contributed by atoms with E-state index in [1.807, 2.05) is 13.0 Å². The molecule has 7 heteroatoms. The van der Waals surface area contributed by atoms with Crippen LogP contribution in [0.15, 0.2) is 18.2 Å². The van der Waals surface area contributed by atoms with E-state index in [1.165, 1.54) is 0 Å². The Hall–Kier alpha value is -2.28. The van der Waals surface area contributed by atoms with Crippen LogP contribution in [0.1, 0.15) is 32.3 Å². The molecule has 0 aliphatic carbocycles. The Balaban J connectivity index is 2.60. The van der Waals surface area contributed by atoms with E-state index in [1.54, 1.807) is 33.3 Å². The Morgan fingerprint density at radius 2 is 1.88 bits per heavy atom. The molecule has 0 aliphatic heterocycles. The number of ether oxygens (including phenoxy) is 2. The largest absolute Gasteiger partial charge is 0.493 e. The third-order valence-corrected chi connectivity index (χ3v) is 3.63. The minimum atomic E-state index is -0.948. The summed E-state index contributed by atoms with van der Waals surface area (Å²) in [6.45, 7) is 3.87. The molecule has 0 fully saturated rings. The van der Waals surface area contributed by atoms with Gasteiger partial charge in [-0.2, -0.15) is 0 Å². The fourth-order valence-corrected chi connectivity index (χ4v) is 2.28. The first kappa shape index (κ1) is 19.8. The van der Waals surface area contributed by atoms with Gasteiger partial charge in [0.1, 0.15) is 6.04 Å². The lowest BCUT2D eigenvalue weighted by molar-refractivity contribution is -0.140. The van der Waals surface area contributed by atoms with Crippen molar-refractivity contribution in [1.82, 2.24) is 10.6 Å². The molecule has 2 atom stereocenters. The highest BCUT2D eigenvalue weighted by molar-refractivity contribution is 5.82. The van der Waals surface area contributed by atoms with Gasteiger partial charge in [-0.1, -0.05) is 19.4 Å². The number of hydrogen-bond donors (Lipinski definition) is 3. The predicted molar refractivity (Wildman–Crippen MR) is 90.3 cm³/mol. The van der Waals surface area contributed by atoms with Crippen LogP contribution in [0.2, 0.25) is 0 Å². The highest BCUT2D eigenvalue weighted by Crippen LogP contribution is 2.27. The second-order valence-electron chi connectivity index (χ2n) is 5.47. The van der Waals surface area contributed by atoms with Gasteiger partial charge in [-0.25, -0.2) is 0 Å². The molecule has 1 aromatic rings. The maximum absolute atomic E-state index is 12.1. The zero-order valence-electron chi connectivity index (χ0n) is 14.6. The van der Waals surface area contributed by atoms with Crippen molar-refractivity contribution in [2.24, 2.45) is 0 Å². The van der Waals surface area contributed by atoms with E-state index in [9.17, 15) is 9.59 Å². The molecule has 2 unspecified atom stereocenters. The number of benzene rings is 1. The van der Waals surface area contributed by atoms with Crippen molar-refractivity contribution in [3.63, 3.8) is 0 Å². The van der Waals surface area contributed by atoms with Gasteiger partial charge in [0.2, 0.25) is 5.91 Å². The summed E-state index contributed by atoms with van der Waals surface area (Å²) in [5, 5.41) is 14.8. The van der Waals surface area contributed by atoms with Gasteiger partial charge in [0.15, 0.2) is 11.5 Å². The van der Waals surface area contributed by atoms with Gasteiger partial charge in [-0.3, -0.25) is 14.9 Å². The molecule has 0 saturated heterocycles. The molecule has 0 bridgehead atoms. The lowest BCUT2D eigenvalue weighted by Crippen LogP contribution is -2.49. The molecule has 1 rings (SSSR count). The van der Waals surface area contributed by atoms with Crippen molar-refractivity contribution in [2.45, 2.75) is 45.3 Å². The zero-order chi connectivity index (χ0) is 18.1. The van der Waals surface area contributed by atoms with Crippen LogP contribution in [-0.4, -0.2) is 43.3 Å². The van der Waals surface area contributed by atoms with E-state index in [0.29, 0.717) is 24.5 Å². The molecular formula is C17H26N2O5. The van der Waals surface area contributed by atoms with Gasteiger partial charge in [-0.15, -0.1) is 0 Å². The van der Waals surface area contributed by atoms with E-state index in [0.717, 1.165) is 12.0 Å². The quantitative estimate of drug-likeness (QED) is 0.599. The van der Waals surface area contributed by atoms with Crippen LogP contribution < -0.4 is 20.1 Å². The number of aliphatic carboxylic acids is 1. The molecule has 0 saturated carbocycles. The predicted octanol–water partition coefficient (Wildman–Crippen LogP) is 1.55. The van der Waals surface area contributed by atoms with Crippen LogP contribution in [0.5, 0.6) is 11.5 Å². The van der Waals surface area contributed by atoms with E-state index < -0.39 is 18.1 Å². The number of carboxylic acid groups (broad SMARTS) is 1. The summed E-state index contributed by atoms with van der Waals surface area (Å²) in [7, 11) is 3.10. The van der Waals surface area contributed by atoms with E-state index in [4.69, 9.17) is 14.6 Å². The first-order valence-corrected chi connectivity index (χ1v) is 7.90. The van der Waals surface area contributed by atoms with Crippen molar-refractivity contribution in [3.05, 3.63) is 23.8 Å². The zero-order valence-corrected chi connectivity index (χ0v) is 14.6. The summed E-state index contributed by atoms with van der Waals surface area (Å²) in [5.41, 5.74) is 0.858. The van der Waals surface area contributed by atoms with E-state index >= 15 is 0 Å². The van der Waals surface area contributed by atoms with Crippen molar-refractivity contribution in [2.75, 3.05) is 14.2 Å². The Kier molecular flexibility index (Phi) is 8.05. The van der Waals surface area contributed by atoms with Crippen molar-refractivity contribution >= 4 is 11.9 Å². The number of amides is 1. The van der Waals surface area contributed by atoms with Crippen molar-refractivity contribution in [3.8, 4) is 11.5 Å². The van der Waals surface area contributed by atoms with Gasteiger partial charge in [0, 0.05) is 6.54 Å². The summed E-state index contributed by atoms with van der Waals surface area (Å²) < 4.78 is 10.4. The van der Waals surface area contributed by atoms with Crippen LogP contribution in [-0.2, 0) is 16.1 Å². The van der Waals surface area contributed by atoms with Crippen LogP contribution in [0.4, 0.5) is 0 Å². The SMILES string of the molecule is CCCC(NC(C)C(=O)NCc1ccc(OC)c(OC)c1)C(=O)O. The first-order valence-electron chi connectivity index (χ1n) is 7.90. The monoisotopic (exact) mass is 338 g/mol. The molecule has 1 amide bonds. The summed E-state index contributed by atoms with van der Waals surface area (Å²) >= 11 is 0. The average molecular weight is 338 g/mol. The molecule has 24 heavy (non-hydrogen) atoms. The smallest absolute Gasteiger partial charge is 0.320 e. The molecule has 3 N–H and O–H groups in total. The molecule has 0 radical (unpaired) electrons. The first-order chi connectivity index (χ1) is 11.4. The van der Waals surface area contributed by atoms with Crippen molar-refractivity contribution < 1.29 is 24.2 Å². The van der Waals surface area contributed by atoms with Crippen LogP contribution >= 0.6 is 0 Å². The van der Waals surface area contributed by atoms with Crippen LogP contribution in [0, 0.1) is 0 Å². The minimum absolute atomic E-state index is 0.257. The van der Waals surface area contributed by atoms with E-state index in [-0.39, 0.29) is 5.91 Å². The minimum Gasteiger partial charge on any atom is -0.493 e. The number of carbonyl (C=O) groups excluding carboxylic acids is 1.